The third-order valence-corrected chi connectivity index (χ3v) is 4.25. The Balaban J connectivity index is 2.80. The van der Waals surface area contributed by atoms with Gasteiger partial charge in [-0.3, -0.25) is 9.59 Å². The Kier molecular flexibility index (Phi) is 4.25. The molecule has 0 aliphatic carbocycles. The number of benzene rings is 1. The zero-order chi connectivity index (χ0) is 14.9. The van der Waals surface area contributed by atoms with Crippen molar-refractivity contribution >= 4 is 45.0 Å². The number of fused-ring (bicyclic) bond motifs is 1. The predicted molar refractivity (Wildman–Crippen MR) is 77.8 cm³/mol. The summed E-state index contributed by atoms with van der Waals surface area (Å²) in [5.74, 6) is -0.729. The van der Waals surface area contributed by atoms with Gasteiger partial charge >= 0.3 is 5.97 Å². The van der Waals surface area contributed by atoms with Gasteiger partial charge in [0.15, 0.2) is 4.80 Å². The highest BCUT2D eigenvalue weighted by Crippen LogP contribution is 2.27. The van der Waals surface area contributed by atoms with E-state index in [1.54, 1.807) is 10.6 Å². The van der Waals surface area contributed by atoms with Gasteiger partial charge in [0, 0.05) is 11.9 Å². The maximum atomic E-state index is 11.6. The summed E-state index contributed by atoms with van der Waals surface area (Å²) in [5.41, 5.74) is 1.64. The topological polar surface area (TPSA) is 60.7 Å². The first-order chi connectivity index (χ1) is 9.43. The number of carbonyl (C=O) groups excluding carboxylic acids is 2. The molecule has 0 saturated heterocycles. The number of aryl methyl sites for hydroxylation is 1. The van der Waals surface area contributed by atoms with E-state index in [1.165, 1.54) is 25.4 Å². The SMILES string of the molecule is COC(=O)Cn1c(=NC(C)=O)sc2ccc(Cl)c(C)c21. The molecule has 1 aromatic carbocycles. The van der Waals surface area contributed by atoms with E-state index in [4.69, 9.17) is 11.6 Å². The minimum Gasteiger partial charge on any atom is -0.468 e. The Morgan fingerprint density at radius 3 is 2.75 bits per heavy atom. The zero-order valence-electron chi connectivity index (χ0n) is 11.3. The van der Waals surface area contributed by atoms with Crippen molar-refractivity contribution in [1.82, 2.24) is 4.57 Å². The molecular weight excluding hydrogens is 300 g/mol. The van der Waals surface area contributed by atoms with Crippen molar-refractivity contribution in [3.63, 3.8) is 0 Å². The molecule has 1 aromatic heterocycles. The number of esters is 1. The second-order valence-corrected chi connectivity index (χ2v) is 5.61. The van der Waals surface area contributed by atoms with Gasteiger partial charge in [0.2, 0.25) is 5.91 Å². The number of halogens is 1. The molecule has 0 unspecified atom stereocenters. The van der Waals surface area contributed by atoms with E-state index in [9.17, 15) is 9.59 Å². The van der Waals surface area contributed by atoms with Crippen LogP contribution in [0.4, 0.5) is 0 Å². The van der Waals surface area contributed by atoms with Crippen LogP contribution in [-0.4, -0.2) is 23.6 Å². The quantitative estimate of drug-likeness (QED) is 0.799. The van der Waals surface area contributed by atoms with E-state index in [0.717, 1.165) is 15.8 Å². The summed E-state index contributed by atoms with van der Waals surface area (Å²) in [6, 6.07) is 3.64. The normalized spacial score (nSPS) is 11.9. The molecule has 1 heterocycles. The summed E-state index contributed by atoms with van der Waals surface area (Å²) in [6.45, 7) is 3.22. The number of carbonyl (C=O) groups is 2. The summed E-state index contributed by atoms with van der Waals surface area (Å²) in [4.78, 5) is 27.2. The number of thiazole rings is 1. The van der Waals surface area contributed by atoms with Gasteiger partial charge in [0.25, 0.3) is 0 Å². The molecule has 0 aliphatic rings. The minimum atomic E-state index is -0.408. The summed E-state index contributed by atoms with van der Waals surface area (Å²) >= 11 is 7.46. The van der Waals surface area contributed by atoms with Crippen molar-refractivity contribution in [3.8, 4) is 0 Å². The molecule has 106 valence electrons. The molecule has 0 spiro atoms. The number of rotatable bonds is 2. The van der Waals surface area contributed by atoms with Gasteiger partial charge in [-0.1, -0.05) is 22.9 Å². The van der Waals surface area contributed by atoms with E-state index >= 15 is 0 Å². The molecule has 0 radical (unpaired) electrons. The Bertz CT molecular complexity index is 761. The van der Waals surface area contributed by atoms with Crippen LogP contribution < -0.4 is 4.80 Å². The highest BCUT2D eigenvalue weighted by Gasteiger charge is 2.14. The number of ether oxygens (including phenoxy) is 1. The van der Waals surface area contributed by atoms with Crippen LogP contribution in [0, 0.1) is 6.92 Å². The maximum absolute atomic E-state index is 11.6. The first-order valence-electron chi connectivity index (χ1n) is 5.84. The molecular formula is C13H13ClN2O3S. The predicted octanol–water partition coefficient (Wildman–Crippen LogP) is 2.28. The highest BCUT2D eigenvalue weighted by molar-refractivity contribution is 7.16. The van der Waals surface area contributed by atoms with E-state index in [-0.39, 0.29) is 12.5 Å². The first kappa shape index (κ1) is 14.7. The largest absolute Gasteiger partial charge is 0.468 e. The van der Waals surface area contributed by atoms with Crippen molar-refractivity contribution in [1.29, 1.82) is 0 Å². The van der Waals surface area contributed by atoms with Crippen LogP contribution in [0.3, 0.4) is 0 Å². The average molecular weight is 313 g/mol. The van der Waals surface area contributed by atoms with Gasteiger partial charge in [-0.05, 0) is 24.6 Å². The molecule has 7 heteroatoms. The van der Waals surface area contributed by atoms with Gasteiger partial charge in [-0.15, -0.1) is 0 Å². The third kappa shape index (κ3) is 2.76. The second-order valence-electron chi connectivity index (χ2n) is 4.20. The molecule has 0 atom stereocenters. The molecule has 0 fully saturated rings. The molecule has 1 amide bonds. The number of hydrogen-bond donors (Lipinski definition) is 0. The maximum Gasteiger partial charge on any atom is 0.325 e. The van der Waals surface area contributed by atoms with Crippen LogP contribution in [0.1, 0.15) is 12.5 Å². The number of hydrogen-bond acceptors (Lipinski definition) is 4. The van der Waals surface area contributed by atoms with Gasteiger partial charge in [-0.25, -0.2) is 0 Å². The lowest BCUT2D eigenvalue weighted by Gasteiger charge is -2.06. The van der Waals surface area contributed by atoms with E-state index < -0.39 is 5.97 Å². The molecule has 2 aromatic rings. The number of nitrogens with zero attached hydrogens (tertiary/aromatic N) is 2. The Morgan fingerprint density at radius 1 is 1.45 bits per heavy atom. The number of methoxy groups -OCH3 is 1. The van der Waals surface area contributed by atoms with Crippen molar-refractivity contribution in [3.05, 3.63) is 27.5 Å². The summed E-state index contributed by atoms with van der Waals surface area (Å²) in [5, 5.41) is 0.600. The highest BCUT2D eigenvalue weighted by atomic mass is 35.5. The second kappa shape index (κ2) is 5.76. The van der Waals surface area contributed by atoms with Crippen LogP contribution in [0.5, 0.6) is 0 Å². The molecule has 5 nitrogen and oxygen atoms in total. The fraction of sp³-hybridized carbons (Fsp3) is 0.308. The van der Waals surface area contributed by atoms with Crippen LogP contribution in [0.2, 0.25) is 5.02 Å². The molecule has 2 rings (SSSR count). The van der Waals surface area contributed by atoms with Crippen molar-refractivity contribution < 1.29 is 14.3 Å². The lowest BCUT2D eigenvalue weighted by Crippen LogP contribution is -2.22. The van der Waals surface area contributed by atoms with Crippen LogP contribution in [0.15, 0.2) is 17.1 Å². The first-order valence-corrected chi connectivity index (χ1v) is 7.04. The van der Waals surface area contributed by atoms with Crippen LogP contribution in [0.25, 0.3) is 10.2 Å². The molecule has 0 N–H and O–H groups in total. The Hall–Kier alpha value is -1.66. The zero-order valence-corrected chi connectivity index (χ0v) is 12.8. The molecule has 0 bridgehead atoms. The Morgan fingerprint density at radius 2 is 2.15 bits per heavy atom. The summed E-state index contributed by atoms with van der Waals surface area (Å²) < 4.78 is 7.26. The average Bonchev–Trinajstić information content (AvgIpc) is 2.72. The van der Waals surface area contributed by atoms with Gasteiger partial charge in [0.1, 0.15) is 6.54 Å². The van der Waals surface area contributed by atoms with Gasteiger partial charge in [-0.2, -0.15) is 4.99 Å². The van der Waals surface area contributed by atoms with Gasteiger partial charge < -0.3 is 9.30 Å². The third-order valence-electron chi connectivity index (χ3n) is 2.80. The van der Waals surface area contributed by atoms with E-state index in [2.05, 4.69) is 9.73 Å². The minimum absolute atomic E-state index is 0.0101. The molecule has 0 saturated carbocycles. The Labute approximate surface area is 124 Å². The summed E-state index contributed by atoms with van der Waals surface area (Å²) in [6.07, 6.45) is 0. The van der Waals surface area contributed by atoms with Crippen molar-refractivity contribution in [2.75, 3.05) is 7.11 Å². The molecule has 0 aliphatic heterocycles. The van der Waals surface area contributed by atoms with Gasteiger partial charge in [0.05, 0.1) is 17.3 Å². The summed E-state index contributed by atoms with van der Waals surface area (Å²) in [7, 11) is 1.32. The fourth-order valence-electron chi connectivity index (χ4n) is 1.88. The van der Waals surface area contributed by atoms with E-state index in [0.29, 0.717) is 9.82 Å². The van der Waals surface area contributed by atoms with Crippen molar-refractivity contribution in [2.24, 2.45) is 4.99 Å². The molecule has 20 heavy (non-hydrogen) atoms. The van der Waals surface area contributed by atoms with Crippen LogP contribution in [-0.2, 0) is 20.9 Å². The van der Waals surface area contributed by atoms with Crippen LogP contribution >= 0.6 is 22.9 Å². The number of amides is 1. The standard InChI is InChI=1S/C13H13ClN2O3S/c1-7-9(14)4-5-10-12(7)16(6-11(18)19-3)13(20-10)15-8(2)17/h4-5H,6H2,1-3H3. The lowest BCUT2D eigenvalue weighted by atomic mass is 10.2. The van der Waals surface area contributed by atoms with E-state index in [1.807, 2.05) is 13.0 Å². The monoisotopic (exact) mass is 312 g/mol. The van der Waals surface area contributed by atoms with Crippen molar-refractivity contribution in [2.45, 2.75) is 20.4 Å². The number of aromatic nitrogens is 1. The smallest absolute Gasteiger partial charge is 0.325 e. The lowest BCUT2D eigenvalue weighted by molar-refractivity contribution is -0.141. The fourth-order valence-corrected chi connectivity index (χ4v) is 3.16.